The molecule has 1 saturated heterocycles. The van der Waals surface area contributed by atoms with Gasteiger partial charge >= 0.3 is 6.18 Å². The smallest absolute Gasteiger partial charge is 0.311 e. The van der Waals surface area contributed by atoms with Gasteiger partial charge in [0.15, 0.2) is 0 Å². The fraction of sp³-hybridized carbons (Fsp3) is 0.714. The van der Waals surface area contributed by atoms with Gasteiger partial charge in [0.2, 0.25) is 0 Å². The summed E-state index contributed by atoms with van der Waals surface area (Å²) in [6, 6.07) is 2.08. The molecule has 1 N–H and O–H groups in total. The van der Waals surface area contributed by atoms with Crippen LogP contribution in [0.25, 0.3) is 0 Å². The third-order valence-electron chi connectivity index (χ3n) is 3.83. The SMILES string of the molecule is Cc1ccsc1CNCCN1CCCC(C(F)(F)F)C1. The maximum absolute atomic E-state index is 12.7. The van der Waals surface area contributed by atoms with Crippen LogP contribution in [0, 0.1) is 12.8 Å². The van der Waals surface area contributed by atoms with E-state index in [1.807, 2.05) is 4.90 Å². The van der Waals surface area contributed by atoms with Gasteiger partial charge in [-0.25, -0.2) is 0 Å². The van der Waals surface area contributed by atoms with Crippen molar-refractivity contribution in [3.8, 4) is 0 Å². The van der Waals surface area contributed by atoms with E-state index in [0.29, 0.717) is 13.0 Å². The van der Waals surface area contributed by atoms with Crippen molar-refractivity contribution in [1.29, 1.82) is 0 Å². The number of rotatable bonds is 5. The Kier molecular flexibility index (Phi) is 5.46. The summed E-state index contributed by atoms with van der Waals surface area (Å²) >= 11 is 1.71. The minimum absolute atomic E-state index is 0.156. The molecule has 0 saturated carbocycles. The van der Waals surface area contributed by atoms with Gasteiger partial charge in [-0.15, -0.1) is 11.3 Å². The van der Waals surface area contributed by atoms with Gasteiger partial charge in [-0.2, -0.15) is 13.2 Å². The van der Waals surface area contributed by atoms with Crippen LogP contribution in [0.4, 0.5) is 13.2 Å². The fourth-order valence-corrected chi connectivity index (χ4v) is 3.43. The number of hydrogen-bond acceptors (Lipinski definition) is 3. The van der Waals surface area contributed by atoms with Crippen molar-refractivity contribution in [1.82, 2.24) is 10.2 Å². The van der Waals surface area contributed by atoms with Crippen molar-refractivity contribution in [2.75, 3.05) is 26.2 Å². The lowest BCUT2D eigenvalue weighted by atomic mass is 9.97. The Bertz CT molecular complexity index is 417. The first-order valence-electron chi connectivity index (χ1n) is 6.99. The van der Waals surface area contributed by atoms with Gasteiger partial charge in [0.05, 0.1) is 5.92 Å². The van der Waals surface area contributed by atoms with Crippen molar-refractivity contribution >= 4 is 11.3 Å². The molecule has 114 valence electrons. The molecular formula is C14H21F3N2S. The van der Waals surface area contributed by atoms with Crippen molar-refractivity contribution < 1.29 is 13.2 Å². The summed E-state index contributed by atoms with van der Waals surface area (Å²) in [5, 5.41) is 5.38. The normalized spacial score (nSPS) is 21.3. The zero-order valence-corrected chi connectivity index (χ0v) is 12.5. The largest absolute Gasteiger partial charge is 0.393 e. The highest BCUT2D eigenvalue weighted by Crippen LogP contribution is 2.32. The van der Waals surface area contributed by atoms with Gasteiger partial charge in [0.25, 0.3) is 0 Å². The lowest BCUT2D eigenvalue weighted by Gasteiger charge is -2.33. The van der Waals surface area contributed by atoms with Crippen LogP contribution in [0.2, 0.25) is 0 Å². The Morgan fingerprint density at radius 3 is 2.90 bits per heavy atom. The molecule has 1 aromatic heterocycles. The minimum atomic E-state index is -4.04. The lowest BCUT2D eigenvalue weighted by molar-refractivity contribution is -0.186. The lowest BCUT2D eigenvalue weighted by Crippen LogP contribution is -2.44. The number of thiophene rings is 1. The molecule has 1 aromatic rings. The first kappa shape index (κ1) is 15.8. The number of piperidine rings is 1. The van der Waals surface area contributed by atoms with Crippen LogP contribution in [-0.4, -0.2) is 37.3 Å². The van der Waals surface area contributed by atoms with Gasteiger partial charge in [-0.1, -0.05) is 0 Å². The average Bonchev–Trinajstić information content (AvgIpc) is 2.80. The maximum Gasteiger partial charge on any atom is 0.393 e. The average molecular weight is 306 g/mol. The van der Waals surface area contributed by atoms with Gasteiger partial charge < -0.3 is 10.2 Å². The van der Waals surface area contributed by atoms with Crippen molar-refractivity contribution in [3.63, 3.8) is 0 Å². The van der Waals surface area contributed by atoms with Crippen LogP contribution in [0.1, 0.15) is 23.3 Å². The van der Waals surface area contributed by atoms with Crippen LogP contribution in [0.15, 0.2) is 11.4 Å². The Morgan fingerprint density at radius 1 is 1.45 bits per heavy atom. The number of nitrogens with one attached hydrogen (secondary N) is 1. The Labute approximate surface area is 122 Å². The van der Waals surface area contributed by atoms with Crippen molar-refractivity contribution in [3.05, 3.63) is 21.9 Å². The summed E-state index contributed by atoms with van der Waals surface area (Å²) in [6.07, 6.45) is -3.11. The Balaban J connectivity index is 1.68. The first-order valence-corrected chi connectivity index (χ1v) is 7.87. The van der Waals surface area contributed by atoms with Gasteiger partial charge in [-0.3, -0.25) is 0 Å². The molecule has 1 atom stereocenters. The molecule has 6 heteroatoms. The molecule has 0 radical (unpaired) electrons. The quantitative estimate of drug-likeness (QED) is 0.839. The summed E-state index contributed by atoms with van der Waals surface area (Å²) in [6.45, 7) is 5.25. The third-order valence-corrected chi connectivity index (χ3v) is 4.85. The molecule has 0 aliphatic carbocycles. The summed E-state index contributed by atoms with van der Waals surface area (Å²) in [5.41, 5.74) is 1.28. The second-order valence-electron chi connectivity index (χ2n) is 5.38. The van der Waals surface area contributed by atoms with Crippen molar-refractivity contribution in [2.45, 2.75) is 32.5 Å². The number of alkyl halides is 3. The van der Waals surface area contributed by atoms with Gasteiger partial charge in [-0.05, 0) is 43.3 Å². The second kappa shape index (κ2) is 6.91. The zero-order valence-electron chi connectivity index (χ0n) is 11.7. The maximum atomic E-state index is 12.7. The Morgan fingerprint density at radius 2 is 2.25 bits per heavy atom. The van der Waals surface area contributed by atoms with Crippen LogP contribution < -0.4 is 5.32 Å². The molecule has 1 fully saturated rings. The predicted octanol–water partition coefficient (Wildman–Crippen LogP) is 3.42. The molecule has 0 spiro atoms. The molecule has 1 unspecified atom stereocenters. The van der Waals surface area contributed by atoms with Crippen LogP contribution in [0.5, 0.6) is 0 Å². The minimum Gasteiger partial charge on any atom is -0.311 e. The third kappa shape index (κ3) is 4.46. The first-order chi connectivity index (χ1) is 9.47. The van der Waals surface area contributed by atoms with E-state index in [4.69, 9.17) is 0 Å². The molecule has 1 aliphatic heterocycles. The van der Waals surface area contributed by atoms with Crippen molar-refractivity contribution in [2.24, 2.45) is 5.92 Å². The molecule has 0 bridgehead atoms. The summed E-state index contributed by atoms with van der Waals surface area (Å²) in [4.78, 5) is 3.23. The number of nitrogens with zero attached hydrogens (tertiary/aromatic N) is 1. The molecule has 2 rings (SSSR count). The van der Waals surface area contributed by atoms with Crippen LogP contribution >= 0.6 is 11.3 Å². The topological polar surface area (TPSA) is 15.3 Å². The standard InChI is InChI=1S/C14H21F3N2S/c1-11-4-8-20-13(11)9-18-5-7-19-6-2-3-12(10-19)14(15,16)17/h4,8,12,18H,2-3,5-7,9-10H2,1H3. The van der Waals surface area contributed by atoms with E-state index in [-0.39, 0.29) is 13.0 Å². The number of hydrogen-bond donors (Lipinski definition) is 1. The molecule has 0 aromatic carbocycles. The summed E-state index contributed by atoms with van der Waals surface area (Å²) < 4.78 is 38.1. The number of aryl methyl sites for hydroxylation is 1. The van der Waals surface area contributed by atoms with Gasteiger partial charge in [0, 0.05) is 31.1 Å². The van der Waals surface area contributed by atoms with E-state index in [9.17, 15) is 13.2 Å². The van der Waals surface area contributed by atoms with Gasteiger partial charge in [0.1, 0.15) is 0 Å². The molecule has 0 amide bonds. The number of halogens is 3. The second-order valence-corrected chi connectivity index (χ2v) is 6.39. The highest BCUT2D eigenvalue weighted by Gasteiger charge is 2.41. The van der Waals surface area contributed by atoms with E-state index in [0.717, 1.165) is 19.6 Å². The number of likely N-dealkylation sites (tertiary alicyclic amines) is 1. The summed E-state index contributed by atoms with van der Waals surface area (Å²) in [7, 11) is 0. The highest BCUT2D eigenvalue weighted by atomic mass is 32.1. The van der Waals surface area contributed by atoms with E-state index >= 15 is 0 Å². The van der Waals surface area contributed by atoms with E-state index in [2.05, 4.69) is 23.7 Å². The highest BCUT2D eigenvalue weighted by molar-refractivity contribution is 7.10. The molecule has 1 aliphatic rings. The molecule has 2 nitrogen and oxygen atoms in total. The zero-order chi connectivity index (χ0) is 14.6. The monoisotopic (exact) mass is 306 g/mol. The Hall–Kier alpha value is -0.590. The predicted molar refractivity (Wildman–Crippen MR) is 76.0 cm³/mol. The van der Waals surface area contributed by atoms with E-state index in [1.54, 1.807) is 11.3 Å². The molecule has 2 heterocycles. The molecular weight excluding hydrogens is 285 g/mol. The summed E-state index contributed by atoms with van der Waals surface area (Å²) in [5.74, 6) is -1.14. The molecule has 20 heavy (non-hydrogen) atoms. The fourth-order valence-electron chi connectivity index (χ4n) is 2.55. The van der Waals surface area contributed by atoms with Crippen LogP contribution in [-0.2, 0) is 6.54 Å². The van der Waals surface area contributed by atoms with E-state index < -0.39 is 12.1 Å². The van der Waals surface area contributed by atoms with E-state index in [1.165, 1.54) is 10.4 Å². The van der Waals surface area contributed by atoms with Crippen LogP contribution in [0.3, 0.4) is 0 Å².